The summed E-state index contributed by atoms with van der Waals surface area (Å²) in [6, 6.07) is 0. The van der Waals surface area contributed by atoms with E-state index in [1.54, 1.807) is 6.33 Å². The minimum Gasteiger partial charge on any atom is -0.311 e. The van der Waals surface area contributed by atoms with E-state index in [0.717, 1.165) is 18.8 Å². The molecule has 1 aromatic rings. The Morgan fingerprint density at radius 2 is 2.33 bits per heavy atom. The largest absolute Gasteiger partial charge is 0.311 e. The van der Waals surface area contributed by atoms with Gasteiger partial charge < -0.3 is 5.32 Å². The molecule has 0 radical (unpaired) electrons. The molecule has 0 saturated carbocycles. The highest BCUT2D eigenvalue weighted by Gasteiger charge is 2.26. The van der Waals surface area contributed by atoms with E-state index in [0.29, 0.717) is 0 Å². The summed E-state index contributed by atoms with van der Waals surface area (Å²) >= 11 is 0. The zero-order chi connectivity index (χ0) is 10.7. The summed E-state index contributed by atoms with van der Waals surface area (Å²) in [5.41, 5.74) is 0.206. The van der Waals surface area contributed by atoms with Crippen LogP contribution in [0.4, 0.5) is 0 Å². The number of aryl methyl sites for hydroxylation is 1. The number of rotatable bonds is 2. The molecule has 0 bridgehead atoms. The van der Waals surface area contributed by atoms with Gasteiger partial charge in [0.15, 0.2) is 0 Å². The molecule has 0 aromatic carbocycles. The first-order valence-electron chi connectivity index (χ1n) is 5.78. The maximum atomic E-state index is 4.30. The quantitative estimate of drug-likeness (QED) is 0.796. The molecule has 1 N–H and O–H groups in total. The second-order valence-corrected chi connectivity index (χ2v) is 4.77. The minimum atomic E-state index is 0.206. The lowest BCUT2D eigenvalue weighted by atomic mass is 9.92. The van der Waals surface area contributed by atoms with Gasteiger partial charge in [-0.15, -0.1) is 0 Å². The van der Waals surface area contributed by atoms with Crippen LogP contribution >= 0.6 is 0 Å². The van der Waals surface area contributed by atoms with Crippen molar-refractivity contribution in [1.82, 2.24) is 20.1 Å². The molecule has 2 rings (SSSR count). The molecule has 84 valence electrons. The van der Waals surface area contributed by atoms with E-state index in [4.69, 9.17) is 0 Å². The van der Waals surface area contributed by atoms with Gasteiger partial charge in [-0.05, 0) is 26.3 Å². The highest BCUT2D eigenvalue weighted by molar-refractivity contribution is 4.97. The van der Waals surface area contributed by atoms with Gasteiger partial charge in [0.1, 0.15) is 12.2 Å². The first kappa shape index (κ1) is 10.6. The number of hydrogen-bond acceptors (Lipinski definition) is 3. The summed E-state index contributed by atoms with van der Waals surface area (Å²) in [5, 5.41) is 7.76. The van der Waals surface area contributed by atoms with E-state index in [9.17, 15) is 0 Å². The Morgan fingerprint density at radius 1 is 1.47 bits per heavy atom. The molecule has 0 aliphatic carbocycles. The fourth-order valence-electron chi connectivity index (χ4n) is 2.28. The maximum absolute atomic E-state index is 4.30. The molecule has 1 atom stereocenters. The molecular formula is C11H20N4. The van der Waals surface area contributed by atoms with Gasteiger partial charge in [-0.3, -0.25) is 4.68 Å². The molecule has 4 heteroatoms. The van der Waals surface area contributed by atoms with Crippen LogP contribution in [0.1, 0.15) is 38.4 Å². The van der Waals surface area contributed by atoms with Crippen molar-refractivity contribution < 1.29 is 0 Å². The summed E-state index contributed by atoms with van der Waals surface area (Å²) in [7, 11) is 1.96. The Bertz CT molecular complexity index is 310. The number of hydrogen-bond donors (Lipinski definition) is 1. The van der Waals surface area contributed by atoms with Gasteiger partial charge in [0.05, 0.1) is 0 Å². The molecule has 1 unspecified atom stereocenters. The van der Waals surface area contributed by atoms with Crippen LogP contribution in [0, 0.1) is 0 Å². The van der Waals surface area contributed by atoms with Crippen LogP contribution in [0.5, 0.6) is 0 Å². The van der Waals surface area contributed by atoms with Crippen molar-refractivity contribution in [2.45, 2.75) is 44.6 Å². The molecule has 1 aliphatic heterocycles. The van der Waals surface area contributed by atoms with Gasteiger partial charge in [-0.1, -0.05) is 12.8 Å². The van der Waals surface area contributed by atoms with Crippen LogP contribution in [0.15, 0.2) is 6.33 Å². The highest BCUT2D eigenvalue weighted by Crippen LogP contribution is 2.21. The third kappa shape index (κ3) is 2.56. The van der Waals surface area contributed by atoms with Gasteiger partial charge in [0.25, 0.3) is 0 Å². The third-order valence-corrected chi connectivity index (χ3v) is 3.31. The third-order valence-electron chi connectivity index (χ3n) is 3.31. The van der Waals surface area contributed by atoms with Crippen molar-refractivity contribution in [3.63, 3.8) is 0 Å². The molecule has 1 saturated heterocycles. The van der Waals surface area contributed by atoms with Crippen LogP contribution in [-0.2, 0) is 13.5 Å². The molecular weight excluding hydrogens is 188 g/mol. The summed E-state index contributed by atoms with van der Waals surface area (Å²) < 4.78 is 1.87. The van der Waals surface area contributed by atoms with E-state index in [2.05, 4.69) is 22.3 Å². The lowest BCUT2D eigenvalue weighted by Gasteiger charge is -2.28. The molecule has 1 fully saturated rings. The van der Waals surface area contributed by atoms with E-state index < -0.39 is 0 Å². The fraction of sp³-hybridized carbons (Fsp3) is 0.818. The van der Waals surface area contributed by atoms with Gasteiger partial charge in [-0.2, -0.15) is 5.10 Å². The molecule has 1 aromatic heterocycles. The Labute approximate surface area is 91.1 Å². The van der Waals surface area contributed by atoms with Gasteiger partial charge in [-0.25, -0.2) is 4.98 Å². The first-order valence-corrected chi connectivity index (χ1v) is 5.78. The molecule has 15 heavy (non-hydrogen) atoms. The van der Waals surface area contributed by atoms with Crippen molar-refractivity contribution in [3.05, 3.63) is 12.2 Å². The predicted octanol–water partition coefficient (Wildman–Crippen LogP) is 1.28. The number of nitrogens with one attached hydrogen (secondary N) is 1. The van der Waals surface area contributed by atoms with Crippen molar-refractivity contribution in [2.24, 2.45) is 7.05 Å². The van der Waals surface area contributed by atoms with Crippen LogP contribution in [-0.4, -0.2) is 26.8 Å². The van der Waals surface area contributed by atoms with Crippen molar-refractivity contribution in [3.8, 4) is 0 Å². The van der Waals surface area contributed by atoms with E-state index in [-0.39, 0.29) is 5.54 Å². The zero-order valence-electron chi connectivity index (χ0n) is 9.66. The van der Waals surface area contributed by atoms with Crippen LogP contribution in [0.2, 0.25) is 0 Å². The van der Waals surface area contributed by atoms with Crippen LogP contribution in [0.3, 0.4) is 0 Å². The number of nitrogens with zero attached hydrogens (tertiary/aromatic N) is 3. The first-order chi connectivity index (χ1) is 7.20. The topological polar surface area (TPSA) is 42.7 Å². The second-order valence-electron chi connectivity index (χ2n) is 4.77. The smallest absolute Gasteiger partial charge is 0.138 e. The van der Waals surface area contributed by atoms with Gasteiger partial charge in [0, 0.05) is 19.0 Å². The minimum absolute atomic E-state index is 0.206. The normalized spacial score (nSPS) is 27.6. The molecule has 4 nitrogen and oxygen atoms in total. The fourth-order valence-corrected chi connectivity index (χ4v) is 2.28. The monoisotopic (exact) mass is 208 g/mol. The van der Waals surface area contributed by atoms with Crippen LogP contribution < -0.4 is 5.32 Å². The zero-order valence-corrected chi connectivity index (χ0v) is 9.66. The van der Waals surface area contributed by atoms with E-state index >= 15 is 0 Å². The molecule has 1 aliphatic rings. The summed E-state index contributed by atoms with van der Waals surface area (Å²) in [6.45, 7) is 3.43. The van der Waals surface area contributed by atoms with Crippen molar-refractivity contribution in [2.75, 3.05) is 6.54 Å². The summed E-state index contributed by atoms with van der Waals surface area (Å²) in [5.74, 6) is 1.08. The summed E-state index contributed by atoms with van der Waals surface area (Å²) in [6.07, 6.45) is 7.82. The maximum Gasteiger partial charge on any atom is 0.138 e. The second kappa shape index (κ2) is 4.31. The average Bonchev–Trinajstić information content (AvgIpc) is 2.48. The average molecular weight is 208 g/mol. The molecule has 0 amide bonds. The Hall–Kier alpha value is -0.900. The summed E-state index contributed by atoms with van der Waals surface area (Å²) in [4.78, 5) is 4.30. The molecule has 2 heterocycles. The van der Waals surface area contributed by atoms with E-state index in [1.807, 2.05) is 11.7 Å². The highest BCUT2D eigenvalue weighted by atomic mass is 15.3. The SMILES string of the molecule is Cn1ncnc1CC1(C)CCCCCN1. The van der Waals surface area contributed by atoms with Crippen molar-refractivity contribution in [1.29, 1.82) is 0 Å². The lowest BCUT2D eigenvalue weighted by Crippen LogP contribution is -2.44. The van der Waals surface area contributed by atoms with Crippen LogP contribution in [0.25, 0.3) is 0 Å². The van der Waals surface area contributed by atoms with Gasteiger partial charge in [0.2, 0.25) is 0 Å². The predicted molar refractivity (Wildman–Crippen MR) is 59.6 cm³/mol. The number of aromatic nitrogens is 3. The Kier molecular flexibility index (Phi) is 3.05. The van der Waals surface area contributed by atoms with Gasteiger partial charge >= 0.3 is 0 Å². The van der Waals surface area contributed by atoms with Crippen molar-refractivity contribution >= 4 is 0 Å². The van der Waals surface area contributed by atoms with E-state index in [1.165, 1.54) is 25.7 Å². The Balaban J connectivity index is 2.05. The molecule has 0 spiro atoms. The lowest BCUT2D eigenvalue weighted by molar-refractivity contribution is 0.335. The Morgan fingerprint density at radius 3 is 3.07 bits per heavy atom. The standard InChI is InChI=1S/C11H20N4/c1-11(6-4-3-5-7-13-11)8-10-12-9-14-15(10)2/h9,13H,3-8H2,1-2H3.